The number of aromatic amines is 2. The lowest BCUT2D eigenvalue weighted by atomic mass is 9.66. The molecule has 2 fully saturated rings. The average Bonchev–Trinajstić information content (AvgIpc) is 3.60. The average molecular weight is 488 g/mol. The van der Waals surface area contributed by atoms with E-state index in [9.17, 15) is 4.79 Å². The van der Waals surface area contributed by atoms with Gasteiger partial charge in [0.1, 0.15) is 6.04 Å². The molecule has 3 heterocycles. The summed E-state index contributed by atoms with van der Waals surface area (Å²) in [4.78, 5) is 12.7. The van der Waals surface area contributed by atoms with Crippen LogP contribution in [0.25, 0.3) is 0 Å². The van der Waals surface area contributed by atoms with Gasteiger partial charge in [0, 0.05) is 12.3 Å². The Labute approximate surface area is 207 Å². The van der Waals surface area contributed by atoms with Gasteiger partial charge in [0.15, 0.2) is 11.6 Å². The number of fused-ring (bicyclic) bond motifs is 1. The Morgan fingerprint density at radius 3 is 2.46 bits per heavy atom. The zero-order chi connectivity index (χ0) is 24.3. The van der Waals surface area contributed by atoms with Crippen molar-refractivity contribution in [1.29, 1.82) is 0 Å². The summed E-state index contributed by atoms with van der Waals surface area (Å²) in [5, 5.41) is 32.9. The highest BCUT2D eigenvalue weighted by Gasteiger charge is 2.41. The molecule has 3 N–H and O–H groups in total. The van der Waals surface area contributed by atoms with Crippen molar-refractivity contribution < 1.29 is 9.53 Å². The van der Waals surface area contributed by atoms with Crippen molar-refractivity contribution in [2.75, 3.05) is 13.2 Å². The lowest BCUT2D eigenvalue weighted by Gasteiger charge is -2.43. The van der Waals surface area contributed by atoms with Gasteiger partial charge in [0.25, 0.3) is 0 Å². The molecule has 0 bridgehead atoms. The minimum absolute atomic E-state index is 0.0783. The van der Waals surface area contributed by atoms with Crippen LogP contribution in [0.3, 0.4) is 0 Å². The number of tetrazole rings is 2. The molecule has 5 atom stereocenters. The molecule has 2 aromatic rings. The summed E-state index contributed by atoms with van der Waals surface area (Å²) in [6.07, 6.45) is 14.6. The van der Waals surface area contributed by atoms with E-state index in [1.54, 1.807) is 0 Å². The lowest BCUT2D eigenvalue weighted by molar-refractivity contribution is -0.148. The van der Waals surface area contributed by atoms with Crippen LogP contribution in [0.15, 0.2) is 0 Å². The molecule has 11 nitrogen and oxygen atoms in total. The first kappa shape index (κ1) is 25.7. The predicted molar refractivity (Wildman–Crippen MR) is 129 cm³/mol. The van der Waals surface area contributed by atoms with E-state index in [0.717, 1.165) is 45.1 Å². The van der Waals surface area contributed by atoms with Crippen LogP contribution in [0.4, 0.5) is 0 Å². The number of ether oxygens (including phenoxy) is 1. The van der Waals surface area contributed by atoms with Gasteiger partial charge in [-0.2, -0.15) is 10.4 Å². The van der Waals surface area contributed by atoms with Crippen LogP contribution < -0.4 is 5.32 Å². The second-order valence-corrected chi connectivity index (χ2v) is 10.3. The summed E-state index contributed by atoms with van der Waals surface area (Å²) < 4.78 is 5.65. The Balaban J connectivity index is 1.22. The zero-order valence-electron chi connectivity index (χ0n) is 21.0. The molecule has 0 amide bonds. The number of nitrogens with zero attached hydrogens (tertiary/aromatic N) is 6. The number of piperidine rings is 1. The van der Waals surface area contributed by atoms with Crippen LogP contribution in [0, 0.1) is 17.8 Å². The second kappa shape index (κ2) is 13.6. The first-order valence-electron chi connectivity index (χ1n) is 13.6. The maximum atomic E-state index is 12.7. The number of H-pyrrole nitrogens is 2. The maximum Gasteiger partial charge on any atom is 0.323 e. The van der Waals surface area contributed by atoms with Crippen molar-refractivity contribution in [2.24, 2.45) is 17.8 Å². The molecule has 11 heteroatoms. The number of rotatable bonds is 14. The van der Waals surface area contributed by atoms with Crippen LogP contribution in [-0.4, -0.2) is 66.4 Å². The highest BCUT2D eigenvalue weighted by atomic mass is 16.5. The van der Waals surface area contributed by atoms with Crippen molar-refractivity contribution in [2.45, 2.75) is 102 Å². The maximum absolute atomic E-state index is 12.7. The minimum atomic E-state index is -0.204. The lowest BCUT2D eigenvalue weighted by Crippen LogP contribution is -2.50. The molecule has 194 valence electrons. The second-order valence-electron chi connectivity index (χ2n) is 10.3. The van der Waals surface area contributed by atoms with Gasteiger partial charge in [-0.25, -0.2) is 0 Å². The molecular weight excluding hydrogens is 446 g/mol. The fraction of sp³-hybridized carbons (Fsp3) is 0.875. The van der Waals surface area contributed by atoms with Gasteiger partial charge in [0.05, 0.1) is 6.61 Å². The number of esters is 1. The van der Waals surface area contributed by atoms with Crippen LogP contribution in [-0.2, 0) is 16.0 Å². The first-order valence-corrected chi connectivity index (χ1v) is 13.6. The van der Waals surface area contributed by atoms with E-state index in [0.29, 0.717) is 42.4 Å². The largest absolute Gasteiger partial charge is 0.465 e. The highest BCUT2D eigenvalue weighted by Crippen LogP contribution is 2.44. The Morgan fingerprint density at radius 2 is 1.71 bits per heavy atom. The molecule has 0 radical (unpaired) electrons. The Bertz CT molecular complexity index is 845. The molecule has 2 aromatic heterocycles. The van der Waals surface area contributed by atoms with Crippen molar-refractivity contribution in [3.8, 4) is 0 Å². The third kappa shape index (κ3) is 7.52. The van der Waals surface area contributed by atoms with E-state index in [4.69, 9.17) is 4.74 Å². The first-order chi connectivity index (χ1) is 17.2. The number of aromatic nitrogens is 8. The molecular formula is C24H41N9O2. The van der Waals surface area contributed by atoms with Gasteiger partial charge in [-0.15, -0.1) is 20.4 Å². The molecule has 35 heavy (non-hydrogen) atoms. The van der Waals surface area contributed by atoms with E-state index >= 15 is 0 Å². The van der Waals surface area contributed by atoms with E-state index in [2.05, 4.69) is 53.5 Å². The molecule has 5 unspecified atom stereocenters. The van der Waals surface area contributed by atoms with Crippen LogP contribution in [0.2, 0.25) is 0 Å². The smallest absolute Gasteiger partial charge is 0.323 e. The van der Waals surface area contributed by atoms with Crippen molar-refractivity contribution in [3.05, 3.63) is 11.6 Å². The molecule has 1 aliphatic heterocycles. The number of hydrogen-bond donors (Lipinski definition) is 3. The van der Waals surface area contributed by atoms with Gasteiger partial charge in [0.2, 0.25) is 0 Å². The van der Waals surface area contributed by atoms with Crippen molar-refractivity contribution in [1.82, 2.24) is 46.6 Å². The Hall–Kier alpha value is -2.43. The van der Waals surface area contributed by atoms with Crippen LogP contribution >= 0.6 is 0 Å². The van der Waals surface area contributed by atoms with Gasteiger partial charge in [-0.05, 0) is 56.4 Å². The van der Waals surface area contributed by atoms with E-state index in [1.807, 2.05) is 0 Å². The van der Waals surface area contributed by atoms with Crippen molar-refractivity contribution >= 4 is 5.97 Å². The standard InChI is InChI=1S/C24H41N9O2/c1-2-3-4-5-6-7-8-9-12-35-24(34)21-14-19-13-17(10-11-18(19)16-25-21)20(23-28-32-33-29-23)15-22-26-30-31-27-22/h17-21,25H,2-16H2,1H3,(H,26,27,30,31)(H,28,29,32,33). The summed E-state index contributed by atoms with van der Waals surface area (Å²) in [6, 6.07) is -0.204. The van der Waals surface area contributed by atoms with Crippen molar-refractivity contribution in [3.63, 3.8) is 0 Å². The number of carbonyl (C=O) groups is 1. The normalized spacial score (nSPS) is 25.2. The quantitative estimate of drug-likeness (QED) is 0.270. The van der Waals surface area contributed by atoms with E-state index in [1.165, 1.54) is 38.5 Å². The molecule has 1 saturated heterocycles. The van der Waals surface area contributed by atoms with Gasteiger partial charge in [-0.3, -0.25) is 4.79 Å². The van der Waals surface area contributed by atoms with Crippen LogP contribution in [0.1, 0.15) is 102 Å². The summed E-state index contributed by atoms with van der Waals surface area (Å²) in [6.45, 7) is 3.66. The summed E-state index contributed by atoms with van der Waals surface area (Å²) in [5.74, 6) is 2.82. The molecule has 0 aromatic carbocycles. The Kier molecular flexibility index (Phi) is 9.97. The Morgan fingerprint density at radius 1 is 0.943 bits per heavy atom. The summed E-state index contributed by atoms with van der Waals surface area (Å²) >= 11 is 0. The number of carbonyl (C=O) groups excluding carboxylic acids is 1. The summed E-state index contributed by atoms with van der Waals surface area (Å²) in [7, 11) is 0. The topological polar surface area (TPSA) is 147 Å². The molecule has 0 spiro atoms. The molecule has 2 aliphatic rings. The summed E-state index contributed by atoms with van der Waals surface area (Å²) in [5.41, 5.74) is 0. The SMILES string of the molecule is CCCCCCCCCCOC(=O)C1CC2CC(C(Cc3nn[nH]n3)c3nn[nH]n3)CCC2CN1. The zero-order valence-corrected chi connectivity index (χ0v) is 21.0. The van der Waals surface area contributed by atoms with E-state index in [-0.39, 0.29) is 17.9 Å². The van der Waals surface area contributed by atoms with E-state index < -0.39 is 0 Å². The molecule has 4 rings (SSSR count). The fourth-order valence-corrected chi connectivity index (χ4v) is 5.92. The number of nitrogens with one attached hydrogen (secondary N) is 3. The predicted octanol–water partition coefficient (Wildman–Crippen LogP) is 3.12. The van der Waals surface area contributed by atoms with Gasteiger partial charge in [-0.1, -0.05) is 62.3 Å². The monoisotopic (exact) mass is 487 g/mol. The number of hydrogen-bond acceptors (Lipinski definition) is 9. The minimum Gasteiger partial charge on any atom is -0.465 e. The third-order valence-electron chi connectivity index (χ3n) is 7.93. The highest BCUT2D eigenvalue weighted by molar-refractivity contribution is 5.75. The number of unbranched alkanes of at least 4 members (excludes halogenated alkanes) is 7. The van der Waals surface area contributed by atoms with Crippen LogP contribution in [0.5, 0.6) is 0 Å². The fourth-order valence-electron chi connectivity index (χ4n) is 5.92. The van der Waals surface area contributed by atoms with Gasteiger partial charge >= 0.3 is 5.97 Å². The third-order valence-corrected chi connectivity index (χ3v) is 7.93. The molecule has 1 saturated carbocycles. The van der Waals surface area contributed by atoms with Gasteiger partial charge < -0.3 is 10.1 Å². The molecule has 1 aliphatic carbocycles.